The molecule has 4 N–H and O–H groups in total. The molecule has 0 amide bonds. The number of nitrogens with two attached hydrogens (primary N) is 2. The standard InChI is InChI=1S/C18H12F6N2S/c19-17(20,21)11-5-1-9(2-6-11)15-13(25)14(26)16(27-15)10-3-7-12(8-4-10)18(22,23)24/h1-8H,25-26H2. The largest absolute Gasteiger partial charge is 0.416 e. The van der Waals surface area contributed by atoms with E-state index in [9.17, 15) is 26.3 Å². The van der Waals surface area contributed by atoms with E-state index in [4.69, 9.17) is 11.5 Å². The van der Waals surface area contributed by atoms with Crippen LogP contribution in [0.5, 0.6) is 0 Å². The zero-order valence-electron chi connectivity index (χ0n) is 13.4. The third-order valence-electron chi connectivity index (χ3n) is 3.93. The van der Waals surface area contributed by atoms with E-state index in [0.29, 0.717) is 20.9 Å². The van der Waals surface area contributed by atoms with E-state index in [1.165, 1.54) is 24.3 Å². The van der Waals surface area contributed by atoms with Crippen molar-refractivity contribution < 1.29 is 26.3 Å². The quantitative estimate of drug-likeness (QED) is 0.496. The summed E-state index contributed by atoms with van der Waals surface area (Å²) < 4.78 is 76.1. The van der Waals surface area contributed by atoms with Crippen LogP contribution >= 0.6 is 11.3 Å². The third kappa shape index (κ3) is 3.73. The fraction of sp³-hybridized carbons (Fsp3) is 0.111. The maximum Gasteiger partial charge on any atom is 0.416 e. The van der Waals surface area contributed by atoms with Gasteiger partial charge in [0.2, 0.25) is 0 Å². The average molecular weight is 402 g/mol. The molecule has 9 heteroatoms. The lowest BCUT2D eigenvalue weighted by atomic mass is 10.1. The monoisotopic (exact) mass is 402 g/mol. The van der Waals surface area contributed by atoms with E-state index in [1.807, 2.05) is 0 Å². The van der Waals surface area contributed by atoms with Crippen LogP contribution in [-0.4, -0.2) is 0 Å². The average Bonchev–Trinajstić information content (AvgIpc) is 2.89. The Morgan fingerprint density at radius 3 is 1.11 bits per heavy atom. The number of anilines is 2. The summed E-state index contributed by atoms with van der Waals surface area (Å²) in [4.78, 5) is 0.909. The van der Waals surface area contributed by atoms with Gasteiger partial charge in [0, 0.05) is 0 Å². The molecular weight excluding hydrogens is 390 g/mol. The van der Waals surface area contributed by atoms with Crippen LogP contribution in [0.4, 0.5) is 37.7 Å². The summed E-state index contributed by atoms with van der Waals surface area (Å²) in [6, 6.07) is 8.85. The summed E-state index contributed by atoms with van der Waals surface area (Å²) >= 11 is 1.11. The molecule has 0 unspecified atom stereocenters. The van der Waals surface area contributed by atoms with E-state index in [-0.39, 0.29) is 11.4 Å². The van der Waals surface area contributed by atoms with Gasteiger partial charge in [0.1, 0.15) is 0 Å². The molecule has 0 spiro atoms. The third-order valence-corrected chi connectivity index (χ3v) is 5.25. The first kappa shape index (κ1) is 19.1. The Bertz CT molecular complexity index is 876. The van der Waals surface area contributed by atoms with Gasteiger partial charge in [0.25, 0.3) is 0 Å². The molecule has 0 aliphatic carbocycles. The van der Waals surface area contributed by atoms with Crippen LogP contribution in [0.15, 0.2) is 48.5 Å². The molecule has 3 aromatic rings. The molecule has 2 aromatic carbocycles. The lowest BCUT2D eigenvalue weighted by molar-refractivity contribution is -0.138. The SMILES string of the molecule is Nc1c(-c2ccc(C(F)(F)F)cc2)sc(-c2ccc(C(F)(F)F)cc2)c1N. The van der Waals surface area contributed by atoms with E-state index in [2.05, 4.69) is 0 Å². The molecule has 2 nitrogen and oxygen atoms in total. The van der Waals surface area contributed by atoms with E-state index in [1.54, 1.807) is 0 Å². The van der Waals surface area contributed by atoms with Gasteiger partial charge in [-0.15, -0.1) is 11.3 Å². The first-order valence-electron chi connectivity index (χ1n) is 7.51. The van der Waals surface area contributed by atoms with Gasteiger partial charge in [-0.3, -0.25) is 0 Å². The number of thiophene rings is 1. The Morgan fingerprint density at radius 1 is 0.556 bits per heavy atom. The smallest absolute Gasteiger partial charge is 0.396 e. The molecule has 1 heterocycles. The number of hydrogen-bond donors (Lipinski definition) is 2. The summed E-state index contributed by atoms with van der Waals surface area (Å²) in [6.07, 6.45) is -8.91. The lowest BCUT2D eigenvalue weighted by Crippen LogP contribution is -2.04. The minimum absolute atomic E-state index is 0.176. The molecular formula is C18H12F6N2S. The summed E-state index contributed by atoms with van der Waals surface area (Å²) in [5, 5.41) is 0. The summed E-state index contributed by atoms with van der Waals surface area (Å²) in [5.41, 5.74) is 11.6. The molecule has 3 rings (SSSR count). The minimum Gasteiger partial charge on any atom is -0.396 e. The fourth-order valence-corrected chi connectivity index (χ4v) is 3.66. The highest BCUT2D eigenvalue weighted by molar-refractivity contribution is 7.20. The van der Waals surface area contributed by atoms with Crippen LogP contribution in [0.2, 0.25) is 0 Å². The van der Waals surface area contributed by atoms with E-state index in [0.717, 1.165) is 35.6 Å². The molecule has 0 bridgehead atoms. The number of hydrogen-bond acceptors (Lipinski definition) is 3. The van der Waals surface area contributed by atoms with Crippen molar-refractivity contribution in [2.75, 3.05) is 11.5 Å². The molecule has 0 aliphatic rings. The second-order valence-electron chi connectivity index (χ2n) is 5.74. The highest BCUT2D eigenvalue weighted by Crippen LogP contribution is 2.46. The number of nitrogen functional groups attached to an aromatic ring is 2. The minimum atomic E-state index is -4.45. The van der Waals surface area contributed by atoms with Crippen molar-refractivity contribution in [3.8, 4) is 20.9 Å². The van der Waals surface area contributed by atoms with Gasteiger partial charge in [-0.1, -0.05) is 24.3 Å². The van der Waals surface area contributed by atoms with Crippen molar-refractivity contribution in [2.45, 2.75) is 12.4 Å². The maximum atomic E-state index is 12.7. The first-order chi connectivity index (χ1) is 12.5. The van der Waals surface area contributed by atoms with Crippen molar-refractivity contribution >= 4 is 22.7 Å². The van der Waals surface area contributed by atoms with Crippen LogP contribution in [0.3, 0.4) is 0 Å². The van der Waals surface area contributed by atoms with Gasteiger partial charge in [-0.25, -0.2) is 0 Å². The molecule has 0 aliphatic heterocycles. The summed E-state index contributed by atoms with van der Waals surface area (Å²) in [5.74, 6) is 0. The van der Waals surface area contributed by atoms with E-state index >= 15 is 0 Å². The van der Waals surface area contributed by atoms with Crippen LogP contribution in [0.1, 0.15) is 11.1 Å². The summed E-state index contributed by atoms with van der Waals surface area (Å²) in [6.45, 7) is 0. The van der Waals surface area contributed by atoms with Gasteiger partial charge in [-0.05, 0) is 35.4 Å². The summed E-state index contributed by atoms with van der Waals surface area (Å²) in [7, 11) is 0. The highest BCUT2D eigenvalue weighted by Gasteiger charge is 2.31. The topological polar surface area (TPSA) is 52.0 Å². The molecule has 0 atom stereocenters. The first-order valence-corrected chi connectivity index (χ1v) is 8.33. The predicted molar refractivity (Wildman–Crippen MR) is 94.0 cm³/mol. The molecule has 27 heavy (non-hydrogen) atoms. The maximum absolute atomic E-state index is 12.7. The van der Waals surface area contributed by atoms with Crippen LogP contribution in [0.25, 0.3) is 20.9 Å². The Morgan fingerprint density at radius 2 is 0.852 bits per heavy atom. The molecule has 142 valence electrons. The van der Waals surface area contributed by atoms with Gasteiger partial charge in [0.05, 0.1) is 32.3 Å². The van der Waals surface area contributed by atoms with E-state index < -0.39 is 23.5 Å². The highest BCUT2D eigenvalue weighted by atomic mass is 32.1. The van der Waals surface area contributed by atoms with Crippen molar-refractivity contribution in [1.29, 1.82) is 0 Å². The number of alkyl halides is 6. The number of halogens is 6. The fourth-order valence-electron chi connectivity index (χ4n) is 2.51. The lowest BCUT2D eigenvalue weighted by Gasteiger charge is -2.07. The predicted octanol–water partition coefficient (Wildman–Crippen LogP) is 6.28. The molecule has 0 saturated carbocycles. The van der Waals surface area contributed by atoms with Crippen LogP contribution < -0.4 is 11.5 Å². The molecule has 0 fully saturated rings. The zero-order chi connectivity index (χ0) is 20.0. The van der Waals surface area contributed by atoms with Crippen LogP contribution in [-0.2, 0) is 12.4 Å². The normalized spacial score (nSPS) is 12.4. The second-order valence-corrected chi connectivity index (χ2v) is 6.76. The molecule has 1 aromatic heterocycles. The molecule has 0 radical (unpaired) electrons. The zero-order valence-corrected chi connectivity index (χ0v) is 14.3. The Balaban J connectivity index is 1.99. The van der Waals surface area contributed by atoms with Crippen molar-refractivity contribution in [3.63, 3.8) is 0 Å². The Kier molecular flexibility index (Phi) is 4.59. The molecule has 0 saturated heterocycles. The van der Waals surface area contributed by atoms with Gasteiger partial charge in [-0.2, -0.15) is 26.3 Å². The van der Waals surface area contributed by atoms with Crippen LogP contribution in [0, 0.1) is 0 Å². The number of benzene rings is 2. The van der Waals surface area contributed by atoms with Gasteiger partial charge >= 0.3 is 12.4 Å². The van der Waals surface area contributed by atoms with Gasteiger partial charge in [0.15, 0.2) is 0 Å². The second kappa shape index (κ2) is 6.49. The Hall–Kier alpha value is -2.68. The van der Waals surface area contributed by atoms with Crippen molar-refractivity contribution in [3.05, 3.63) is 59.7 Å². The number of rotatable bonds is 2. The van der Waals surface area contributed by atoms with Gasteiger partial charge < -0.3 is 11.5 Å². The van der Waals surface area contributed by atoms with Crippen molar-refractivity contribution in [1.82, 2.24) is 0 Å². The van der Waals surface area contributed by atoms with Crippen molar-refractivity contribution in [2.24, 2.45) is 0 Å². The Labute approximate surface area is 154 Å².